The fourth-order valence-corrected chi connectivity index (χ4v) is 3.29. The van der Waals surface area contributed by atoms with Gasteiger partial charge in [-0.15, -0.1) is 0 Å². The van der Waals surface area contributed by atoms with Crippen molar-refractivity contribution in [3.63, 3.8) is 0 Å². The minimum Gasteiger partial charge on any atom is -0.342 e. The summed E-state index contributed by atoms with van der Waals surface area (Å²) in [7, 11) is 0. The highest BCUT2D eigenvalue weighted by atomic mass is 19.4. The molecule has 6 heteroatoms. The molecule has 2 aromatic heterocycles. The molecule has 0 radical (unpaired) electrons. The average molecular weight is 331 g/mol. The summed E-state index contributed by atoms with van der Waals surface area (Å²) in [6.45, 7) is 3.14. The predicted octanol–water partition coefficient (Wildman–Crippen LogP) is 4.07. The third-order valence-corrected chi connectivity index (χ3v) is 4.44. The molecule has 3 nitrogen and oxygen atoms in total. The SMILES string of the molecule is FC(F)(F)c1ccc(CN2CCn3c(cc4ccccc43)C2)cn1. The van der Waals surface area contributed by atoms with E-state index < -0.39 is 11.9 Å². The topological polar surface area (TPSA) is 21.1 Å². The summed E-state index contributed by atoms with van der Waals surface area (Å²) in [6.07, 6.45) is -3.06. The molecule has 1 aliphatic rings. The van der Waals surface area contributed by atoms with E-state index in [0.717, 1.165) is 31.3 Å². The summed E-state index contributed by atoms with van der Waals surface area (Å²) in [5, 5.41) is 1.23. The largest absolute Gasteiger partial charge is 0.433 e. The van der Waals surface area contributed by atoms with Crippen molar-refractivity contribution in [2.45, 2.75) is 25.8 Å². The van der Waals surface area contributed by atoms with E-state index in [9.17, 15) is 13.2 Å². The smallest absolute Gasteiger partial charge is 0.342 e. The van der Waals surface area contributed by atoms with Crippen molar-refractivity contribution >= 4 is 10.9 Å². The van der Waals surface area contributed by atoms with Gasteiger partial charge >= 0.3 is 6.18 Å². The number of nitrogens with zero attached hydrogens (tertiary/aromatic N) is 3. The van der Waals surface area contributed by atoms with E-state index in [2.05, 4.69) is 32.7 Å². The van der Waals surface area contributed by atoms with Gasteiger partial charge in [0.2, 0.25) is 0 Å². The first kappa shape index (κ1) is 15.2. The molecule has 1 aliphatic heterocycles. The summed E-state index contributed by atoms with van der Waals surface area (Å²) in [5.41, 5.74) is 2.43. The van der Waals surface area contributed by atoms with Crippen molar-refractivity contribution in [2.75, 3.05) is 6.54 Å². The highest BCUT2D eigenvalue weighted by Crippen LogP contribution is 2.28. The lowest BCUT2D eigenvalue weighted by Crippen LogP contribution is -2.32. The average Bonchev–Trinajstić information content (AvgIpc) is 2.92. The van der Waals surface area contributed by atoms with E-state index in [1.165, 1.54) is 28.9 Å². The van der Waals surface area contributed by atoms with E-state index in [4.69, 9.17) is 0 Å². The fraction of sp³-hybridized carbons (Fsp3) is 0.278. The number of hydrogen-bond acceptors (Lipinski definition) is 2. The first-order chi connectivity index (χ1) is 11.5. The van der Waals surface area contributed by atoms with Gasteiger partial charge in [0.25, 0.3) is 0 Å². The van der Waals surface area contributed by atoms with Crippen LogP contribution in [0.1, 0.15) is 17.0 Å². The molecule has 0 unspecified atom stereocenters. The molecule has 0 spiro atoms. The third kappa shape index (κ3) is 2.78. The van der Waals surface area contributed by atoms with Crippen LogP contribution in [0.3, 0.4) is 0 Å². The lowest BCUT2D eigenvalue weighted by atomic mass is 10.2. The van der Waals surface area contributed by atoms with Gasteiger partial charge in [0.1, 0.15) is 5.69 Å². The summed E-state index contributed by atoms with van der Waals surface area (Å²) in [6, 6.07) is 13.0. The quantitative estimate of drug-likeness (QED) is 0.706. The van der Waals surface area contributed by atoms with E-state index >= 15 is 0 Å². The Morgan fingerprint density at radius 3 is 2.62 bits per heavy atom. The molecule has 0 fully saturated rings. The summed E-state index contributed by atoms with van der Waals surface area (Å²) in [5.74, 6) is 0. The second-order valence-electron chi connectivity index (χ2n) is 6.11. The Bertz CT molecular complexity index is 865. The van der Waals surface area contributed by atoms with Crippen LogP contribution in [-0.4, -0.2) is 21.0 Å². The Balaban J connectivity index is 1.51. The van der Waals surface area contributed by atoms with E-state index in [1.54, 1.807) is 0 Å². The van der Waals surface area contributed by atoms with E-state index in [-0.39, 0.29) is 0 Å². The standard InChI is InChI=1S/C18H16F3N3/c19-18(20,21)17-6-5-13(10-22-17)11-23-7-8-24-15(12-23)9-14-3-1-2-4-16(14)24/h1-6,9-10H,7-8,11-12H2. The van der Waals surface area contributed by atoms with Crippen LogP contribution in [-0.2, 0) is 25.8 Å². The van der Waals surface area contributed by atoms with Gasteiger partial charge in [-0.1, -0.05) is 24.3 Å². The highest BCUT2D eigenvalue weighted by molar-refractivity contribution is 5.81. The number of halogens is 3. The van der Waals surface area contributed by atoms with Gasteiger partial charge in [-0.25, -0.2) is 0 Å². The van der Waals surface area contributed by atoms with Gasteiger partial charge in [0, 0.05) is 43.6 Å². The van der Waals surface area contributed by atoms with Crippen LogP contribution in [0.5, 0.6) is 0 Å². The Hall–Kier alpha value is -2.34. The summed E-state index contributed by atoms with van der Waals surface area (Å²) in [4.78, 5) is 5.77. The highest BCUT2D eigenvalue weighted by Gasteiger charge is 2.32. The molecule has 0 saturated carbocycles. The van der Waals surface area contributed by atoms with Crippen LogP contribution in [0.4, 0.5) is 13.2 Å². The molecular weight excluding hydrogens is 315 g/mol. The number of aromatic nitrogens is 2. The zero-order valence-corrected chi connectivity index (χ0v) is 12.9. The number of benzene rings is 1. The van der Waals surface area contributed by atoms with Crippen LogP contribution >= 0.6 is 0 Å². The van der Waals surface area contributed by atoms with Crippen molar-refractivity contribution in [2.24, 2.45) is 0 Å². The van der Waals surface area contributed by atoms with E-state index in [1.807, 2.05) is 12.1 Å². The number of fused-ring (bicyclic) bond motifs is 3. The van der Waals surface area contributed by atoms with E-state index in [0.29, 0.717) is 6.54 Å². The second-order valence-corrected chi connectivity index (χ2v) is 6.11. The zero-order chi connectivity index (χ0) is 16.7. The molecule has 4 rings (SSSR count). The summed E-state index contributed by atoms with van der Waals surface area (Å²) >= 11 is 0. The van der Waals surface area contributed by atoms with Gasteiger partial charge in [-0.2, -0.15) is 13.2 Å². The van der Waals surface area contributed by atoms with Gasteiger partial charge in [-0.3, -0.25) is 9.88 Å². The first-order valence-corrected chi connectivity index (χ1v) is 7.82. The molecule has 0 saturated heterocycles. The molecule has 0 amide bonds. The van der Waals surface area contributed by atoms with Crippen LogP contribution in [0, 0.1) is 0 Å². The predicted molar refractivity (Wildman–Crippen MR) is 85.3 cm³/mol. The lowest BCUT2D eigenvalue weighted by molar-refractivity contribution is -0.141. The second kappa shape index (κ2) is 5.63. The van der Waals surface area contributed by atoms with Crippen molar-refractivity contribution in [1.82, 2.24) is 14.5 Å². The minimum atomic E-state index is -4.38. The number of rotatable bonds is 2. The Morgan fingerprint density at radius 2 is 1.88 bits per heavy atom. The Morgan fingerprint density at radius 1 is 1.04 bits per heavy atom. The maximum absolute atomic E-state index is 12.6. The number of alkyl halides is 3. The number of hydrogen-bond donors (Lipinski definition) is 0. The normalized spacial score (nSPS) is 15.6. The van der Waals surface area contributed by atoms with Gasteiger partial charge in [0.05, 0.1) is 0 Å². The van der Waals surface area contributed by atoms with Crippen LogP contribution < -0.4 is 0 Å². The fourth-order valence-electron chi connectivity index (χ4n) is 3.29. The Kier molecular flexibility index (Phi) is 3.57. The third-order valence-electron chi connectivity index (χ3n) is 4.44. The minimum absolute atomic E-state index is 0.604. The maximum Gasteiger partial charge on any atom is 0.433 e. The summed E-state index contributed by atoms with van der Waals surface area (Å²) < 4.78 is 40.0. The molecule has 3 aromatic rings. The molecule has 0 aliphatic carbocycles. The van der Waals surface area contributed by atoms with Gasteiger partial charge < -0.3 is 4.57 Å². The van der Waals surface area contributed by atoms with Crippen molar-refractivity contribution in [3.8, 4) is 0 Å². The lowest BCUT2D eigenvalue weighted by Gasteiger charge is -2.28. The monoisotopic (exact) mass is 331 g/mol. The van der Waals surface area contributed by atoms with Crippen LogP contribution in [0.25, 0.3) is 10.9 Å². The van der Waals surface area contributed by atoms with Crippen LogP contribution in [0.2, 0.25) is 0 Å². The molecule has 0 N–H and O–H groups in total. The van der Waals surface area contributed by atoms with Gasteiger partial charge in [0.15, 0.2) is 0 Å². The molecule has 3 heterocycles. The Labute approximate surface area is 137 Å². The van der Waals surface area contributed by atoms with Gasteiger partial charge in [-0.05, 0) is 29.1 Å². The molecular formula is C18H16F3N3. The van der Waals surface area contributed by atoms with Crippen LogP contribution in [0.15, 0.2) is 48.7 Å². The molecule has 24 heavy (non-hydrogen) atoms. The molecule has 0 bridgehead atoms. The zero-order valence-electron chi connectivity index (χ0n) is 12.9. The van der Waals surface area contributed by atoms with Crippen molar-refractivity contribution < 1.29 is 13.2 Å². The van der Waals surface area contributed by atoms with Crippen molar-refractivity contribution in [3.05, 3.63) is 65.6 Å². The number of para-hydroxylation sites is 1. The number of pyridine rings is 1. The molecule has 0 atom stereocenters. The molecule has 1 aromatic carbocycles. The first-order valence-electron chi connectivity index (χ1n) is 7.82. The maximum atomic E-state index is 12.6. The molecule has 124 valence electrons. The van der Waals surface area contributed by atoms with Crippen molar-refractivity contribution in [1.29, 1.82) is 0 Å².